The number of carbonyl (C=O) groups excluding carboxylic acids is 2. The molecule has 0 saturated carbocycles. The Bertz CT molecular complexity index is 1050. The highest BCUT2D eigenvalue weighted by atomic mass is 32.2. The van der Waals surface area contributed by atoms with Crippen molar-refractivity contribution >= 4 is 21.8 Å². The molecule has 7 nitrogen and oxygen atoms in total. The number of nitrogens with one attached hydrogen (secondary N) is 1. The Balaban J connectivity index is 1.97. The average Bonchev–Trinajstić information content (AvgIpc) is 2.71. The molecule has 0 atom stereocenters. The summed E-state index contributed by atoms with van der Waals surface area (Å²) < 4.78 is 63.2. The van der Waals surface area contributed by atoms with Crippen molar-refractivity contribution in [2.75, 3.05) is 27.7 Å². The van der Waals surface area contributed by atoms with Crippen molar-refractivity contribution in [2.45, 2.75) is 17.6 Å². The first-order valence-corrected chi connectivity index (χ1v) is 10.5. The number of sulfonamides is 1. The smallest absolute Gasteiger partial charge is 0.343 e. The van der Waals surface area contributed by atoms with Gasteiger partial charge in [-0.15, -0.1) is 0 Å². The first-order chi connectivity index (χ1) is 14.3. The molecule has 0 radical (unpaired) electrons. The molecule has 0 bridgehead atoms. The van der Waals surface area contributed by atoms with Crippen LogP contribution in [0.3, 0.4) is 0 Å². The molecular weight excluding hydrogens is 435 g/mol. The van der Waals surface area contributed by atoms with E-state index in [2.05, 4.69) is 5.32 Å². The van der Waals surface area contributed by atoms with Gasteiger partial charge >= 0.3 is 6.18 Å². The Labute approximate surface area is 178 Å². The van der Waals surface area contributed by atoms with Crippen molar-refractivity contribution in [2.24, 2.45) is 0 Å². The van der Waals surface area contributed by atoms with Gasteiger partial charge in [-0.1, -0.05) is 18.2 Å². The Morgan fingerprint density at radius 1 is 1.00 bits per heavy atom. The second-order valence-electron chi connectivity index (χ2n) is 6.94. The van der Waals surface area contributed by atoms with Crippen LogP contribution < -0.4 is 5.32 Å². The van der Waals surface area contributed by atoms with Gasteiger partial charge in [0.1, 0.15) is 0 Å². The lowest BCUT2D eigenvalue weighted by molar-refractivity contribution is -0.137. The van der Waals surface area contributed by atoms with Gasteiger partial charge < -0.3 is 10.2 Å². The van der Waals surface area contributed by atoms with Crippen molar-refractivity contribution in [1.29, 1.82) is 0 Å². The van der Waals surface area contributed by atoms with E-state index in [1.54, 1.807) is 0 Å². The van der Waals surface area contributed by atoms with Crippen LogP contribution in [-0.2, 0) is 27.5 Å². The largest absolute Gasteiger partial charge is 0.416 e. The van der Waals surface area contributed by atoms with Gasteiger partial charge in [-0.2, -0.15) is 13.2 Å². The van der Waals surface area contributed by atoms with Crippen LogP contribution in [0.25, 0.3) is 0 Å². The lowest BCUT2D eigenvalue weighted by atomic mass is 10.1. The number of benzene rings is 2. The quantitative estimate of drug-likeness (QED) is 0.692. The van der Waals surface area contributed by atoms with Crippen LogP contribution >= 0.6 is 0 Å². The van der Waals surface area contributed by atoms with Gasteiger partial charge in [-0.05, 0) is 35.9 Å². The SMILES string of the molecule is CN(Cc1ccc(C(F)(F)F)cc1)C(=O)CNC(=O)c1cccc(S(=O)(=O)N(C)C)c1. The summed E-state index contributed by atoms with van der Waals surface area (Å²) >= 11 is 0. The highest BCUT2D eigenvalue weighted by Crippen LogP contribution is 2.29. The van der Waals surface area contributed by atoms with Gasteiger partial charge in [0.05, 0.1) is 17.0 Å². The number of alkyl halides is 3. The molecular formula is C20H22F3N3O4S. The summed E-state index contributed by atoms with van der Waals surface area (Å²) in [6.07, 6.45) is -4.44. The molecule has 11 heteroatoms. The molecule has 0 aromatic heterocycles. The molecule has 0 saturated heterocycles. The van der Waals surface area contributed by atoms with E-state index in [0.717, 1.165) is 16.4 Å². The first kappa shape index (κ1) is 24.4. The molecule has 2 aromatic carbocycles. The number of halogens is 3. The first-order valence-electron chi connectivity index (χ1n) is 9.03. The summed E-state index contributed by atoms with van der Waals surface area (Å²) in [6.45, 7) is -0.302. The van der Waals surface area contributed by atoms with E-state index in [0.29, 0.717) is 5.56 Å². The normalized spacial score (nSPS) is 12.0. The lowest BCUT2D eigenvalue weighted by Crippen LogP contribution is -2.37. The fraction of sp³-hybridized carbons (Fsp3) is 0.300. The standard InChI is InChI=1S/C20H22F3N3O4S/c1-25(2)31(29,30)17-6-4-5-15(11-17)19(28)24-12-18(27)26(3)13-14-7-9-16(10-8-14)20(21,22)23/h4-11H,12-13H2,1-3H3,(H,24,28). The summed E-state index contributed by atoms with van der Waals surface area (Å²) in [7, 11) is 0.475. The van der Waals surface area contributed by atoms with E-state index >= 15 is 0 Å². The Morgan fingerprint density at radius 3 is 2.16 bits per heavy atom. The Kier molecular flexibility index (Phi) is 7.45. The molecule has 0 aliphatic rings. The minimum Gasteiger partial charge on any atom is -0.343 e. The van der Waals surface area contributed by atoms with Crippen molar-refractivity contribution in [3.63, 3.8) is 0 Å². The van der Waals surface area contributed by atoms with Crippen molar-refractivity contribution < 1.29 is 31.2 Å². The third-order valence-corrected chi connectivity index (χ3v) is 6.21. The fourth-order valence-electron chi connectivity index (χ4n) is 2.56. The zero-order chi connectivity index (χ0) is 23.4. The van der Waals surface area contributed by atoms with Crippen LogP contribution in [0.5, 0.6) is 0 Å². The monoisotopic (exact) mass is 457 g/mol. The lowest BCUT2D eigenvalue weighted by Gasteiger charge is -2.18. The average molecular weight is 457 g/mol. The maximum Gasteiger partial charge on any atom is 0.416 e. The van der Waals surface area contributed by atoms with E-state index < -0.39 is 33.6 Å². The van der Waals surface area contributed by atoms with Crippen molar-refractivity contribution in [1.82, 2.24) is 14.5 Å². The van der Waals surface area contributed by atoms with Crippen molar-refractivity contribution in [3.8, 4) is 0 Å². The minimum atomic E-state index is -4.44. The van der Waals surface area contributed by atoms with Gasteiger partial charge in [0, 0.05) is 33.3 Å². The van der Waals surface area contributed by atoms with Crippen LogP contribution in [0.2, 0.25) is 0 Å². The Hall–Kier alpha value is -2.92. The zero-order valence-electron chi connectivity index (χ0n) is 17.1. The molecule has 0 fully saturated rings. The summed E-state index contributed by atoms with van der Waals surface area (Å²) in [5, 5.41) is 2.41. The summed E-state index contributed by atoms with van der Waals surface area (Å²) in [4.78, 5) is 25.8. The number of likely N-dealkylation sites (N-methyl/N-ethyl adjacent to an activating group) is 1. The van der Waals surface area contributed by atoms with Gasteiger partial charge in [0.2, 0.25) is 15.9 Å². The fourth-order valence-corrected chi connectivity index (χ4v) is 3.51. The van der Waals surface area contributed by atoms with Crippen LogP contribution in [-0.4, -0.2) is 57.1 Å². The highest BCUT2D eigenvalue weighted by molar-refractivity contribution is 7.89. The number of hydrogen-bond donors (Lipinski definition) is 1. The van der Waals surface area contributed by atoms with Gasteiger partial charge in [0.15, 0.2) is 0 Å². The van der Waals surface area contributed by atoms with Crippen LogP contribution in [0.15, 0.2) is 53.4 Å². The number of amides is 2. The highest BCUT2D eigenvalue weighted by Gasteiger charge is 2.30. The van der Waals surface area contributed by atoms with Crippen molar-refractivity contribution in [3.05, 3.63) is 65.2 Å². The molecule has 0 spiro atoms. The molecule has 2 amide bonds. The Morgan fingerprint density at radius 2 is 1.61 bits per heavy atom. The van der Waals surface area contributed by atoms with Crippen LogP contribution in [0.1, 0.15) is 21.5 Å². The third-order valence-electron chi connectivity index (χ3n) is 4.40. The zero-order valence-corrected chi connectivity index (χ0v) is 17.9. The van der Waals surface area contributed by atoms with E-state index in [9.17, 15) is 31.2 Å². The topological polar surface area (TPSA) is 86.8 Å². The summed E-state index contributed by atoms with van der Waals surface area (Å²) in [5.74, 6) is -1.10. The molecule has 0 aliphatic heterocycles. The van der Waals surface area contributed by atoms with E-state index in [4.69, 9.17) is 0 Å². The number of nitrogens with zero attached hydrogens (tertiary/aromatic N) is 2. The minimum absolute atomic E-state index is 0.0589. The van der Waals surface area contributed by atoms with E-state index in [-0.39, 0.29) is 23.5 Å². The van der Waals surface area contributed by atoms with Gasteiger partial charge in [-0.25, -0.2) is 12.7 Å². The molecule has 1 N–H and O–H groups in total. The number of carbonyl (C=O) groups is 2. The predicted molar refractivity (Wildman–Crippen MR) is 108 cm³/mol. The third kappa shape index (κ3) is 6.28. The van der Waals surface area contributed by atoms with E-state index in [1.807, 2.05) is 0 Å². The van der Waals surface area contributed by atoms with Gasteiger partial charge in [-0.3, -0.25) is 9.59 Å². The second-order valence-corrected chi connectivity index (χ2v) is 9.09. The molecule has 168 valence electrons. The molecule has 0 aliphatic carbocycles. The number of hydrogen-bond acceptors (Lipinski definition) is 4. The number of rotatable bonds is 7. The second kappa shape index (κ2) is 9.48. The molecule has 31 heavy (non-hydrogen) atoms. The molecule has 0 unspecified atom stereocenters. The van der Waals surface area contributed by atoms with E-state index in [1.165, 1.54) is 62.4 Å². The molecule has 2 rings (SSSR count). The molecule has 0 heterocycles. The summed E-state index contributed by atoms with van der Waals surface area (Å²) in [6, 6.07) is 9.83. The van der Waals surface area contributed by atoms with Crippen LogP contribution in [0.4, 0.5) is 13.2 Å². The predicted octanol–water partition coefficient (Wildman–Crippen LogP) is 2.34. The van der Waals surface area contributed by atoms with Crippen LogP contribution in [0, 0.1) is 0 Å². The summed E-state index contributed by atoms with van der Waals surface area (Å²) in [5.41, 5.74) is -0.214. The van der Waals surface area contributed by atoms with Gasteiger partial charge in [0.25, 0.3) is 5.91 Å². The maximum absolute atomic E-state index is 12.6. The maximum atomic E-state index is 12.6. The molecule has 2 aromatic rings.